The van der Waals surface area contributed by atoms with Crippen LogP contribution < -0.4 is 20.1 Å². The maximum atomic E-state index is 12.6. The third-order valence-corrected chi connectivity index (χ3v) is 5.46. The van der Waals surface area contributed by atoms with Crippen molar-refractivity contribution in [2.24, 2.45) is 0 Å². The van der Waals surface area contributed by atoms with E-state index in [1.54, 1.807) is 25.3 Å². The van der Waals surface area contributed by atoms with Gasteiger partial charge in [0.1, 0.15) is 10.6 Å². The highest BCUT2D eigenvalue weighted by molar-refractivity contribution is 7.90. The molecule has 1 aromatic carbocycles. The molecule has 0 fully saturated rings. The molecule has 2 rings (SSSR count). The van der Waals surface area contributed by atoms with Crippen molar-refractivity contribution in [3.8, 4) is 5.75 Å². The van der Waals surface area contributed by atoms with Crippen LogP contribution in [0.4, 0.5) is 4.79 Å². The molecule has 0 aliphatic heterocycles. The van der Waals surface area contributed by atoms with Crippen molar-refractivity contribution in [1.82, 2.24) is 15.4 Å². The maximum absolute atomic E-state index is 12.6. The van der Waals surface area contributed by atoms with E-state index in [9.17, 15) is 18.0 Å². The van der Waals surface area contributed by atoms with Gasteiger partial charge in [-0.1, -0.05) is 6.07 Å². The highest BCUT2D eigenvalue weighted by atomic mass is 32.2. The number of furan rings is 1. The molecule has 0 bridgehead atoms. The Labute approximate surface area is 169 Å². The van der Waals surface area contributed by atoms with Gasteiger partial charge in [-0.25, -0.2) is 17.9 Å². The van der Waals surface area contributed by atoms with Crippen LogP contribution in [0.25, 0.3) is 0 Å². The van der Waals surface area contributed by atoms with Crippen LogP contribution >= 0.6 is 0 Å². The largest absolute Gasteiger partial charge is 0.492 e. The Bertz CT molecular complexity index is 968. The number of amides is 3. The molecule has 0 saturated heterocycles. The number of carbonyl (C=O) groups is 2. The second kappa shape index (κ2) is 8.99. The molecule has 3 N–H and O–H groups in total. The molecule has 10 heteroatoms. The van der Waals surface area contributed by atoms with Crippen LogP contribution in [0.3, 0.4) is 0 Å². The number of ether oxygens (including phenoxy) is 1. The molecule has 2 aromatic rings. The first-order valence-corrected chi connectivity index (χ1v) is 10.4. The lowest BCUT2D eigenvalue weighted by Gasteiger charge is -2.25. The second-order valence-electron chi connectivity index (χ2n) is 6.76. The fourth-order valence-electron chi connectivity index (χ4n) is 2.65. The quantitative estimate of drug-likeness (QED) is 0.595. The normalized spacial score (nSPS) is 11.6. The highest BCUT2D eigenvalue weighted by Crippen LogP contribution is 2.26. The smallest absolute Gasteiger partial charge is 0.328 e. The molecule has 0 atom stereocenters. The lowest BCUT2D eigenvalue weighted by Crippen LogP contribution is -2.41. The molecule has 9 nitrogen and oxygen atoms in total. The van der Waals surface area contributed by atoms with Crippen molar-refractivity contribution in [3.05, 3.63) is 47.9 Å². The highest BCUT2D eigenvalue weighted by Gasteiger charge is 2.26. The van der Waals surface area contributed by atoms with E-state index in [0.29, 0.717) is 5.56 Å². The molecule has 0 aliphatic carbocycles. The van der Waals surface area contributed by atoms with Crippen molar-refractivity contribution < 1.29 is 27.2 Å². The van der Waals surface area contributed by atoms with Crippen LogP contribution in [0.15, 0.2) is 46.1 Å². The fraction of sp³-hybridized carbons (Fsp3) is 0.368. The van der Waals surface area contributed by atoms with Gasteiger partial charge in [-0.15, -0.1) is 0 Å². The van der Waals surface area contributed by atoms with Gasteiger partial charge in [0, 0.05) is 12.6 Å². The minimum Gasteiger partial charge on any atom is -0.492 e. The van der Waals surface area contributed by atoms with Gasteiger partial charge >= 0.3 is 6.03 Å². The molecular weight excluding hydrogens is 398 g/mol. The predicted molar refractivity (Wildman–Crippen MR) is 106 cm³/mol. The summed E-state index contributed by atoms with van der Waals surface area (Å²) in [4.78, 5) is 23.8. The topological polar surface area (TPSA) is 127 Å². The monoisotopic (exact) mass is 423 g/mol. The average molecular weight is 423 g/mol. The van der Waals surface area contributed by atoms with Crippen LogP contribution in [0.5, 0.6) is 5.75 Å². The zero-order valence-electron chi connectivity index (χ0n) is 16.7. The molecule has 0 radical (unpaired) electrons. The summed E-state index contributed by atoms with van der Waals surface area (Å²) < 4.78 is 37.4. The van der Waals surface area contributed by atoms with E-state index < -0.39 is 21.6 Å². The summed E-state index contributed by atoms with van der Waals surface area (Å²) in [5.74, 6) is -0.213. The second-order valence-corrected chi connectivity index (χ2v) is 8.41. The Balaban J connectivity index is 2.25. The number of nitrogens with one attached hydrogen (secondary N) is 3. The van der Waals surface area contributed by atoms with Crippen molar-refractivity contribution in [1.29, 1.82) is 0 Å². The first-order valence-electron chi connectivity index (χ1n) is 8.93. The van der Waals surface area contributed by atoms with Gasteiger partial charge in [-0.3, -0.25) is 4.79 Å². The van der Waals surface area contributed by atoms with Crippen molar-refractivity contribution >= 4 is 22.0 Å². The van der Waals surface area contributed by atoms with Gasteiger partial charge in [-0.05, 0) is 44.5 Å². The van der Waals surface area contributed by atoms with Gasteiger partial charge in [-0.2, -0.15) is 0 Å². The predicted octanol–water partition coefficient (Wildman–Crippen LogP) is 1.89. The van der Waals surface area contributed by atoms with Gasteiger partial charge in [0.2, 0.25) is 5.91 Å². The van der Waals surface area contributed by atoms with Gasteiger partial charge < -0.3 is 19.8 Å². The van der Waals surface area contributed by atoms with Crippen molar-refractivity contribution in [3.63, 3.8) is 0 Å². The Morgan fingerprint density at radius 3 is 2.52 bits per heavy atom. The summed E-state index contributed by atoms with van der Waals surface area (Å²) in [5, 5.41) is 5.07. The number of hydrogen-bond acceptors (Lipinski definition) is 6. The minimum absolute atomic E-state index is 0.0593. The first-order chi connectivity index (χ1) is 13.6. The molecule has 1 heterocycles. The van der Waals surface area contributed by atoms with Crippen LogP contribution in [0.1, 0.15) is 31.9 Å². The molecule has 0 unspecified atom stereocenters. The summed E-state index contributed by atoms with van der Waals surface area (Å²) >= 11 is 0. The van der Waals surface area contributed by atoms with Gasteiger partial charge in [0.15, 0.2) is 0 Å². The number of benzene rings is 1. The molecule has 29 heavy (non-hydrogen) atoms. The zero-order chi connectivity index (χ0) is 21.7. The molecule has 0 aliphatic rings. The Hall–Kier alpha value is -3.01. The number of rotatable bonds is 8. The summed E-state index contributed by atoms with van der Waals surface area (Å²) in [5.41, 5.74) is 0.590. The van der Waals surface area contributed by atoms with E-state index in [-0.39, 0.29) is 29.6 Å². The van der Waals surface area contributed by atoms with E-state index in [2.05, 4.69) is 10.6 Å². The first kappa shape index (κ1) is 22.3. The van der Waals surface area contributed by atoms with E-state index >= 15 is 0 Å². The summed E-state index contributed by atoms with van der Waals surface area (Å²) in [6, 6.07) is 5.27. The van der Waals surface area contributed by atoms with E-state index in [1.807, 2.05) is 18.6 Å². The average Bonchev–Trinajstić information content (AvgIpc) is 3.18. The Morgan fingerprint density at radius 1 is 1.21 bits per heavy atom. The van der Waals surface area contributed by atoms with Crippen LogP contribution in [-0.4, -0.2) is 34.0 Å². The van der Waals surface area contributed by atoms with Crippen LogP contribution in [-0.2, 0) is 26.8 Å². The minimum atomic E-state index is -4.18. The van der Waals surface area contributed by atoms with Crippen molar-refractivity contribution in [2.75, 3.05) is 13.7 Å². The van der Waals surface area contributed by atoms with E-state index in [1.165, 1.54) is 25.4 Å². The summed E-state index contributed by atoms with van der Waals surface area (Å²) in [6.45, 7) is 5.61. The molecular formula is C19H25N3O6S. The summed E-state index contributed by atoms with van der Waals surface area (Å²) in [7, 11) is -2.88. The van der Waals surface area contributed by atoms with Crippen LogP contribution in [0.2, 0.25) is 0 Å². The van der Waals surface area contributed by atoms with Crippen LogP contribution in [0, 0.1) is 0 Å². The lowest BCUT2D eigenvalue weighted by molar-refractivity contribution is -0.122. The summed E-state index contributed by atoms with van der Waals surface area (Å²) in [6.07, 6.45) is 3.01. The molecule has 0 saturated carbocycles. The zero-order valence-corrected chi connectivity index (χ0v) is 17.6. The Morgan fingerprint density at radius 2 is 1.93 bits per heavy atom. The molecule has 158 valence electrons. The third kappa shape index (κ3) is 5.74. The standard InChI is InChI=1S/C19H25N3O6S/c1-5-28-15-7-6-13(10-16(15)29(25,26)22-18(24)20-4)11-17(23)21-19(2,3)14-8-9-27-12-14/h6-10,12H,5,11H2,1-4H3,(H,21,23)(H2,20,22,24). The Kier molecular flexibility index (Phi) is 6.91. The number of carbonyl (C=O) groups excluding carboxylic acids is 2. The third-order valence-electron chi connectivity index (χ3n) is 4.11. The fourth-order valence-corrected chi connectivity index (χ4v) is 3.80. The molecule has 3 amide bonds. The van der Waals surface area contributed by atoms with Gasteiger partial charge in [0.25, 0.3) is 10.0 Å². The number of hydrogen-bond donors (Lipinski definition) is 3. The van der Waals surface area contributed by atoms with Gasteiger partial charge in [0.05, 0.1) is 31.1 Å². The molecule has 0 spiro atoms. The number of urea groups is 1. The van der Waals surface area contributed by atoms with Crippen molar-refractivity contribution in [2.45, 2.75) is 37.6 Å². The lowest BCUT2D eigenvalue weighted by atomic mass is 9.97. The van der Waals surface area contributed by atoms with E-state index in [0.717, 1.165) is 5.56 Å². The van der Waals surface area contributed by atoms with E-state index in [4.69, 9.17) is 9.15 Å². The molecule has 1 aromatic heterocycles. The number of sulfonamides is 1. The maximum Gasteiger partial charge on any atom is 0.328 e. The SMILES string of the molecule is CCOc1ccc(CC(=O)NC(C)(C)c2ccoc2)cc1S(=O)(=O)NC(=O)NC.